The molecule has 4 heterocycles. The number of oxazole rings is 1. The number of anilines is 2. The third-order valence-electron chi connectivity index (χ3n) is 6.34. The summed E-state index contributed by atoms with van der Waals surface area (Å²) in [7, 11) is 0. The van der Waals surface area contributed by atoms with Crippen LogP contribution in [0.25, 0.3) is 0 Å². The lowest BCUT2D eigenvalue weighted by Gasteiger charge is -2.46. The number of hydrogen-bond acceptors (Lipinski definition) is 8. The second kappa shape index (κ2) is 9.09. The summed E-state index contributed by atoms with van der Waals surface area (Å²) in [5.74, 6) is 1.68. The molecule has 0 radical (unpaired) electrons. The van der Waals surface area contributed by atoms with Crippen LogP contribution in [0, 0.1) is 6.92 Å². The number of nitrogen functional groups attached to an aromatic ring is 1. The van der Waals surface area contributed by atoms with Crippen molar-refractivity contribution >= 4 is 23.5 Å². The SMILES string of the molecule is Cc1coc([C@H]2CN(C3CCN(c4n[nH]c(N)n4)CC3)[C@@H](Cc3ccc(Cl)cc3)CO2)n1. The van der Waals surface area contributed by atoms with E-state index in [1.807, 2.05) is 19.1 Å². The molecule has 10 heteroatoms. The quantitative estimate of drug-likeness (QED) is 0.601. The molecular formula is C22H28ClN7O2. The first kappa shape index (κ1) is 21.2. The Kier molecular flexibility index (Phi) is 6.03. The molecule has 0 spiro atoms. The summed E-state index contributed by atoms with van der Waals surface area (Å²) < 4.78 is 11.9. The van der Waals surface area contributed by atoms with Gasteiger partial charge < -0.3 is 19.8 Å². The predicted molar refractivity (Wildman–Crippen MR) is 122 cm³/mol. The van der Waals surface area contributed by atoms with E-state index in [4.69, 9.17) is 26.5 Å². The number of H-pyrrole nitrogens is 1. The van der Waals surface area contributed by atoms with Gasteiger partial charge in [-0.05, 0) is 43.9 Å². The van der Waals surface area contributed by atoms with E-state index in [1.165, 1.54) is 5.56 Å². The number of piperidine rings is 1. The molecule has 5 rings (SSSR count). The van der Waals surface area contributed by atoms with Crippen molar-refractivity contribution in [2.75, 3.05) is 36.9 Å². The third kappa shape index (κ3) is 4.60. The normalized spacial score (nSPS) is 23.0. The van der Waals surface area contributed by atoms with Gasteiger partial charge >= 0.3 is 0 Å². The van der Waals surface area contributed by atoms with E-state index in [0.29, 0.717) is 30.4 Å². The van der Waals surface area contributed by atoms with Gasteiger partial charge in [-0.2, -0.15) is 4.98 Å². The average Bonchev–Trinajstić information content (AvgIpc) is 3.44. The Balaban J connectivity index is 1.31. The molecule has 0 unspecified atom stereocenters. The van der Waals surface area contributed by atoms with Gasteiger partial charge in [0, 0.05) is 36.7 Å². The van der Waals surface area contributed by atoms with Crippen molar-refractivity contribution < 1.29 is 9.15 Å². The van der Waals surface area contributed by atoms with Crippen LogP contribution in [0.4, 0.5) is 11.9 Å². The first-order chi connectivity index (χ1) is 15.5. The summed E-state index contributed by atoms with van der Waals surface area (Å²) in [5, 5.41) is 7.69. The Morgan fingerprint density at radius 1 is 1.19 bits per heavy atom. The number of aryl methyl sites for hydroxylation is 1. The minimum atomic E-state index is -0.156. The van der Waals surface area contributed by atoms with Gasteiger partial charge in [0.25, 0.3) is 0 Å². The maximum absolute atomic E-state index is 6.23. The average molecular weight is 458 g/mol. The minimum absolute atomic E-state index is 0.156. The van der Waals surface area contributed by atoms with E-state index in [9.17, 15) is 0 Å². The molecule has 170 valence electrons. The zero-order valence-electron chi connectivity index (χ0n) is 18.1. The van der Waals surface area contributed by atoms with Crippen molar-refractivity contribution in [3.8, 4) is 0 Å². The van der Waals surface area contributed by atoms with Crippen LogP contribution in [0.5, 0.6) is 0 Å². The van der Waals surface area contributed by atoms with Crippen molar-refractivity contribution in [1.29, 1.82) is 0 Å². The van der Waals surface area contributed by atoms with E-state index in [0.717, 1.165) is 49.6 Å². The van der Waals surface area contributed by atoms with E-state index in [-0.39, 0.29) is 12.1 Å². The summed E-state index contributed by atoms with van der Waals surface area (Å²) in [6.45, 7) is 5.09. The maximum Gasteiger partial charge on any atom is 0.246 e. The van der Waals surface area contributed by atoms with Crippen molar-refractivity contribution in [3.63, 3.8) is 0 Å². The molecule has 2 fully saturated rings. The number of nitrogens with one attached hydrogen (secondary N) is 1. The van der Waals surface area contributed by atoms with Gasteiger partial charge in [-0.1, -0.05) is 23.7 Å². The number of hydrogen-bond donors (Lipinski definition) is 2. The lowest BCUT2D eigenvalue weighted by molar-refractivity contribution is -0.0928. The molecular weight excluding hydrogens is 430 g/mol. The fourth-order valence-electron chi connectivity index (χ4n) is 4.71. The van der Waals surface area contributed by atoms with Crippen molar-refractivity contribution in [2.24, 2.45) is 0 Å². The highest BCUT2D eigenvalue weighted by Gasteiger charge is 2.37. The molecule has 0 aliphatic carbocycles. The van der Waals surface area contributed by atoms with Gasteiger partial charge in [0.1, 0.15) is 12.4 Å². The summed E-state index contributed by atoms with van der Waals surface area (Å²) in [6.07, 6.45) is 4.47. The lowest BCUT2D eigenvalue weighted by Crippen LogP contribution is -2.55. The van der Waals surface area contributed by atoms with Crippen molar-refractivity contribution in [3.05, 3.63) is 52.7 Å². The summed E-state index contributed by atoms with van der Waals surface area (Å²) in [4.78, 5) is 13.6. The zero-order valence-corrected chi connectivity index (χ0v) is 18.8. The van der Waals surface area contributed by atoms with E-state index in [1.54, 1.807) is 6.26 Å². The number of nitrogens with zero attached hydrogens (tertiary/aromatic N) is 5. The number of rotatable bonds is 5. The van der Waals surface area contributed by atoms with E-state index in [2.05, 4.69) is 42.1 Å². The smallest absolute Gasteiger partial charge is 0.246 e. The van der Waals surface area contributed by atoms with Crippen LogP contribution < -0.4 is 10.6 Å². The number of benzene rings is 1. The molecule has 2 aromatic heterocycles. The molecule has 2 aliphatic heterocycles. The van der Waals surface area contributed by atoms with E-state index < -0.39 is 0 Å². The second-order valence-electron chi connectivity index (χ2n) is 8.57. The summed E-state index contributed by atoms with van der Waals surface area (Å²) in [6, 6.07) is 8.80. The Bertz CT molecular complexity index is 1030. The molecule has 2 atom stereocenters. The van der Waals surface area contributed by atoms with E-state index >= 15 is 0 Å². The van der Waals surface area contributed by atoms with Crippen molar-refractivity contribution in [1.82, 2.24) is 25.1 Å². The number of ether oxygens (including phenoxy) is 1. The molecule has 9 nitrogen and oxygen atoms in total. The number of aromatic nitrogens is 4. The second-order valence-corrected chi connectivity index (χ2v) is 9.01. The lowest BCUT2D eigenvalue weighted by atomic mass is 9.96. The molecule has 1 aromatic carbocycles. The van der Waals surface area contributed by atoms with Crippen LogP contribution in [0.3, 0.4) is 0 Å². The summed E-state index contributed by atoms with van der Waals surface area (Å²) in [5.41, 5.74) is 7.83. The highest BCUT2D eigenvalue weighted by molar-refractivity contribution is 6.30. The largest absolute Gasteiger partial charge is 0.446 e. The number of halogens is 1. The molecule has 0 bridgehead atoms. The molecule has 0 amide bonds. The van der Waals surface area contributed by atoms with Gasteiger partial charge in [0.2, 0.25) is 17.8 Å². The third-order valence-corrected chi connectivity index (χ3v) is 6.59. The minimum Gasteiger partial charge on any atom is -0.446 e. The van der Waals surface area contributed by atoms with Crippen molar-refractivity contribution in [2.45, 2.75) is 44.4 Å². The molecule has 3 N–H and O–H groups in total. The molecule has 0 saturated carbocycles. The molecule has 2 aliphatic rings. The topological polar surface area (TPSA) is 109 Å². The Morgan fingerprint density at radius 2 is 1.97 bits per heavy atom. The van der Waals surface area contributed by atoms with Gasteiger partial charge in [-0.3, -0.25) is 4.90 Å². The van der Waals surface area contributed by atoms with Crippen LogP contribution >= 0.6 is 11.6 Å². The van der Waals surface area contributed by atoms with Gasteiger partial charge in [0.15, 0.2) is 0 Å². The van der Waals surface area contributed by atoms with Gasteiger partial charge in [-0.25, -0.2) is 10.1 Å². The number of nitrogens with two attached hydrogens (primary N) is 1. The van der Waals surface area contributed by atoms with Crippen LogP contribution in [-0.2, 0) is 11.2 Å². The fourth-order valence-corrected chi connectivity index (χ4v) is 4.83. The molecule has 3 aromatic rings. The first-order valence-corrected chi connectivity index (χ1v) is 11.4. The Hall–Kier alpha value is -2.62. The van der Waals surface area contributed by atoms with Crippen LogP contribution in [0.15, 0.2) is 34.9 Å². The highest BCUT2D eigenvalue weighted by atomic mass is 35.5. The molecule has 32 heavy (non-hydrogen) atoms. The standard InChI is InChI=1S/C22H28ClN7O2/c1-14-12-32-20(25-14)19-11-30(18(13-31-19)10-15-2-4-16(23)5-3-15)17-6-8-29(9-7-17)22-26-21(24)27-28-22/h2-5,12,17-19H,6-11,13H2,1H3,(H3,24,26,27,28)/t18-,19+/m0/s1. The Labute approximate surface area is 191 Å². The monoisotopic (exact) mass is 457 g/mol. The molecule has 2 saturated heterocycles. The van der Waals surface area contributed by atoms with Crippen LogP contribution in [0.2, 0.25) is 5.02 Å². The number of morpholine rings is 1. The summed E-state index contributed by atoms with van der Waals surface area (Å²) >= 11 is 6.08. The van der Waals surface area contributed by atoms with Gasteiger partial charge in [0.05, 0.1) is 12.3 Å². The Morgan fingerprint density at radius 3 is 2.62 bits per heavy atom. The fraction of sp³-hybridized carbons (Fsp3) is 0.500. The predicted octanol–water partition coefficient (Wildman–Crippen LogP) is 2.99. The van der Waals surface area contributed by atoms with Crippen LogP contribution in [-0.4, -0.2) is 63.4 Å². The van der Waals surface area contributed by atoms with Crippen LogP contribution in [0.1, 0.15) is 36.1 Å². The van der Waals surface area contributed by atoms with Gasteiger partial charge in [-0.15, -0.1) is 5.10 Å². The number of aromatic amines is 1. The highest BCUT2D eigenvalue weighted by Crippen LogP contribution is 2.31. The maximum atomic E-state index is 6.23. The first-order valence-electron chi connectivity index (χ1n) is 11.0. The zero-order chi connectivity index (χ0) is 22.1.